The molecule has 1 saturated carbocycles. The third kappa shape index (κ3) is 2.59. The van der Waals surface area contributed by atoms with Crippen LogP contribution in [0.4, 0.5) is 0 Å². The number of hydrogen-bond donors (Lipinski definition) is 0. The van der Waals surface area contributed by atoms with Crippen molar-refractivity contribution in [3.63, 3.8) is 0 Å². The highest BCUT2D eigenvalue weighted by molar-refractivity contribution is 5.67. The van der Waals surface area contributed by atoms with Gasteiger partial charge in [-0.25, -0.2) is 0 Å². The van der Waals surface area contributed by atoms with Crippen molar-refractivity contribution < 1.29 is 9.53 Å². The fourth-order valence-corrected chi connectivity index (χ4v) is 3.77. The second-order valence-electron chi connectivity index (χ2n) is 7.69. The summed E-state index contributed by atoms with van der Waals surface area (Å²) >= 11 is 0. The van der Waals surface area contributed by atoms with Crippen LogP contribution in [-0.4, -0.2) is 20.6 Å². The van der Waals surface area contributed by atoms with Gasteiger partial charge in [0.2, 0.25) is 0 Å². The Kier molecular flexibility index (Phi) is 3.65. The fraction of sp³-hybridized carbons (Fsp3) is 0.381. The standard InChI is InChI=1S/C21H23N3O2/c1-14-7-9-16(10-8-14)21(11-12-21)19-23-22-18-17(6-5-13-24(18)19)20(3,4)26-15(2)25/h5-10,13H,11-12H2,1-4H3. The second kappa shape index (κ2) is 5.66. The average Bonchev–Trinajstić information content (AvgIpc) is 3.26. The van der Waals surface area contributed by atoms with Crippen LogP contribution in [0.15, 0.2) is 42.6 Å². The quantitative estimate of drug-likeness (QED) is 0.670. The highest BCUT2D eigenvalue weighted by atomic mass is 16.6. The number of hydrogen-bond acceptors (Lipinski definition) is 4. The van der Waals surface area contributed by atoms with E-state index in [1.807, 2.05) is 36.6 Å². The van der Waals surface area contributed by atoms with E-state index < -0.39 is 5.60 Å². The van der Waals surface area contributed by atoms with Gasteiger partial charge >= 0.3 is 5.97 Å². The summed E-state index contributed by atoms with van der Waals surface area (Å²) in [6, 6.07) is 12.6. The van der Waals surface area contributed by atoms with Crippen molar-refractivity contribution in [2.45, 2.75) is 51.6 Å². The lowest BCUT2D eigenvalue weighted by Gasteiger charge is -2.25. The maximum Gasteiger partial charge on any atom is 0.303 e. The van der Waals surface area contributed by atoms with Crippen molar-refractivity contribution in [1.82, 2.24) is 14.6 Å². The molecular weight excluding hydrogens is 326 g/mol. The molecule has 0 amide bonds. The number of ether oxygens (including phenoxy) is 1. The number of carbonyl (C=O) groups excluding carboxylic acids is 1. The van der Waals surface area contributed by atoms with Crippen LogP contribution in [0.5, 0.6) is 0 Å². The Bertz CT molecular complexity index is 982. The van der Waals surface area contributed by atoms with E-state index in [1.54, 1.807) is 0 Å². The number of fused-ring (bicyclic) bond motifs is 1. The molecule has 1 aliphatic carbocycles. The van der Waals surface area contributed by atoms with E-state index in [4.69, 9.17) is 4.74 Å². The van der Waals surface area contributed by atoms with E-state index in [2.05, 4.69) is 41.4 Å². The van der Waals surface area contributed by atoms with Crippen LogP contribution in [0.2, 0.25) is 0 Å². The summed E-state index contributed by atoms with van der Waals surface area (Å²) in [5.74, 6) is 0.645. The van der Waals surface area contributed by atoms with Crippen LogP contribution < -0.4 is 0 Å². The zero-order valence-corrected chi connectivity index (χ0v) is 15.6. The van der Waals surface area contributed by atoms with Crippen molar-refractivity contribution in [3.8, 4) is 0 Å². The van der Waals surface area contributed by atoms with Crippen molar-refractivity contribution in [3.05, 3.63) is 65.1 Å². The number of benzene rings is 1. The van der Waals surface area contributed by atoms with Crippen molar-refractivity contribution in [1.29, 1.82) is 0 Å². The highest BCUT2D eigenvalue weighted by Crippen LogP contribution is 2.52. The zero-order chi connectivity index (χ0) is 18.5. The van der Waals surface area contributed by atoms with Crippen LogP contribution in [0.25, 0.3) is 5.65 Å². The van der Waals surface area contributed by atoms with Gasteiger partial charge in [-0.15, -0.1) is 10.2 Å². The Balaban J connectivity index is 1.83. The number of aryl methyl sites for hydroxylation is 1. The average molecular weight is 349 g/mol. The molecule has 0 spiro atoms. The molecule has 5 nitrogen and oxygen atoms in total. The first-order valence-electron chi connectivity index (χ1n) is 8.95. The zero-order valence-electron chi connectivity index (χ0n) is 15.6. The molecule has 3 aromatic rings. The summed E-state index contributed by atoms with van der Waals surface area (Å²) in [5.41, 5.74) is 3.29. The SMILES string of the molecule is CC(=O)OC(C)(C)c1cccn2c(C3(c4ccc(C)cc4)CC3)nnc12. The van der Waals surface area contributed by atoms with Crippen LogP contribution in [0, 0.1) is 6.92 Å². The third-order valence-electron chi connectivity index (χ3n) is 5.26. The number of nitrogens with zero attached hydrogens (tertiary/aromatic N) is 3. The first-order chi connectivity index (χ1) is 12.3. The molecule has 0 bridgehead atoms. The van der Waals surface area contributed by atoms with E-state index in [0.717, 1.165) is 29.9 Å². The Labute approximate surface area is 153 Å². The van der Waals surface area contributed by atoms with Crippen LogP contribution >= 0.6 is 0 Å². The van der Waals surface area contributed by atoms with Crippen molar-refractivity contribution in [2.75, 3.05) is 0 Å². The summed E-state index contributed by atoms with van der Waals surface area (Å²) in [5, 5.41) is 9.02. The molecule has 1 aromatic carbocycles. The topological polar surface area (TPSA) is 56.5 Å². The lowest BCUT2D eigenvalue weighted by molar-refractivity contribution is -0.154. The molecular formula is C21H23N3O2. The van der Waals surface area contributed by atoms with E-state index >= 15 is 0 Å². The van der Waals surface area contributed by atoms with Crippen LogP contribution in [-0.2, 0) is 20.5 Å². The molecule has 0 atom stereocenters. The molecule has 1 fully saturated rings. The monoisotopic (exact) mass is 349 g/mol. The van der Waals surface area contributed by atoms with E-state index in [9.17, 15) is 4.79 Å². The predicted molar refractivity (Wildman–Crippen MR) is 99.0 cm³/mol. The predicted octanol–water partition coefficient (Wildman–Crippen LogP) is 3.92. The lowest BCUT2D eigenvalue weighted by Crippen LogP contribution is -2.25. The molecule has 134 valence electrons. The summed E-state index contributed by atoms with van der Waals surface area (Å²) in [6.45, 7) is 7.28. The van der Waals surface area contributed by atoms with Gasteiger partial charge in [-0.2, -0.15) is 0 Å². The molecule has 2 aromatic heterocycles. The van der Waals surface area contributed by atoms with E-state index in [0.29, 0.717) is 0 Å². The maximum absolute atomic E-state index is 11.5. The molecule has 2 heterocycles. The maximum atomic E-state index is 11.5. The molecule has 5 heteroatoms. The van der Waals surface area contributed by atoms with Gasteiger partial charge in [0, 0.05) is 18.7 Å². The number of carbonyl (C=O) groups is 1. The smallest absolute Gasteiger partial charge is 0.303 e. The molecule has 26 heavy (non-hydrogen) atoms. The molecule has 0 N–H and O–H groups in total. The number of aromatic nitrogens is 3. The van der Waals surface area contributed by atoms with Gasteiger partial charge in [0.1, 0.15) is 11.4 Å². The molecule has 0 aliphatic heterocycles. The third-order valence-corrected chi connectivity index (χ3v) is 5.26. The number of rotatable bonds is 4. The van der Waals surface area contributed by atoms with Gasteiger partial charge < -0.3 is 4.74 Å². The van der Waals surface area contributed by atoms with E-state index in [1.165, 1.54) is 18.1 Å². The Hall–Kier alpha value is -2.69. The molecule has 0 saturated heterocycles. The van der Waals surface area contributed by atoms with Gasteiger partial charge in [-0.05, 0) is 51.3 Å². The Morgan fingerprint density at radius 3 is 2.46 bits per heavy atom. The minimum Gasteiger partial charge on any atom is -0.455 e. The van der Waals surface area contributed by atoms with Gasteiger partial charge in [0.15, 0.2) is 5.65 Å². The van der Waals surface area contributed by atoms with E-state index in [-0.39, 0.29) is 11.4 Å². The largest absolute Gasteiger partial charge is 0.455 e. The van der Waals surface area contributed by atoms with Gasteiger partial charge in [-0.1, -0.05) is 29.8 Å². The van der Waals surface area contributed by atoms with Crippen LogP contribution in [0.1, 0.15) is 56.1 Å². The van der Waals surface area contributed by atoms with Gasteiger partial charge in [0.05, 0.1) is 5.41 Å². The number of esters is 1. The Morgan fingerprint density at radius 2 is 1.85 bits per heavy atom. The minimum atomic E-state index is -0.765. The summed E-state index contributed by atoms with van der Waals surface area (Å²) in [7, 11) is 0. The highest BCUT2D eigenvalue weighted by Gasteiger charge is 2.50. The Morgan fingerprint density at radius 1 is 1.15 bits per heavy atom. The molecule has 4 rings (SSSR count). The molecule has 0 unspecified atom stereocenters. The molecule has 0 radical (unpaired) electrons. The minimum absolute atomic E-state index is 0.0721. The fourth-order valence-electron chi connectivity index (χ4n) is 3.77. The summed E-state index contributed by atoms with van der Waals surface area (Å²) in [6.07, 6.45) is 4.12. The van der Waals surface area contributed by atoms with Gasteiger partial charge in [0.25, 0.3) is 0 Å². The first-order valence-corrected chi connectivity index (χ1v) is 8.95. The number of pyridine rings is 1. The second-order valence-corrected chi connectivity index (χ2v) is 7.69. The van der Waals surface area contributed by atoms with Crippen molar-refractivity contribution in [2.24, 2.45) is 0 Å². The van der Waals surface area contributed by atoms with Crippen molar-refractivity contribution >= 4 is 11.6 Å². The summed E-state index contributed by atoms with van der Waals surface area (Å²) < 4.78 is 7.57. The molecule has 1 aliphatic rings. The van der Waals surface area contributed by atoms with Crippen LogP contribution in [0.3, 0.4) is 0 Å². The van der Waals surface area contributed by atoms with Gasteiger partial charge in [-0.3, -0.25) is 9.20 Å². The first kappa shape index (κ1) is 16.8. The normalized spacial score (nSPS) is 15.8. The lowest BCUT2D eigenvalue weighted by atomic mass is 9.94. The summed E-state index contributed by atoms with van der Waals surface area (Å²) in [4.78, 5) is 11.5.